The number of carbonyl (C=O) groups excluding carboxylic acids is 2. The van der Waals surface area contributed by atoms with Crippen molar-refractivity contribution in [2.45, 2.75) is 39.2 Å². The van der Waals surface area contributed by atoms with Crippen molar-refractivity contribution >= 4 is 17.7 Å². The molecule has 0 rings (SSSR count). The summed E-state index contributed by atoms with van der Waals surface area (Å²) in [5.74, 6) is -0.279. The third kappa shape index (κ3) is 6.16. The van der Waals surface area contributed by atoms with Crippen LogP contribution in [0.5, 0.6) is 0 Å². The Morgan fingerprint density at radius 2 is 1.86 bits per heavy atom. The van der Waals surface area contributed by atoms with Gasteiger partial charge < -0.3 is 14.6 Å². The van der Waals surface area contributed by atoms with Crippen molar-refractivity contribution in [2.75, 3.05) is 0 Å². The van der Waals surface area contributed by atoms with E-state index in [2.05, 4.69) is 4.74 Å². The highest BCUT2D eigenvalue weighted by Crippen LogP contribution is 2.03. The number of Topliss-reactive ketones (excluding diaryl/α,β-unsaturated/α-hetero) is 2. The van der Waals surface area contributed by atoms with Gasteiger partial charge in [0.15, 0.2) is 11.9 Å². The van der Waals surface area contributed by atoms with Gasteiger partial charge in [-0.15, -0.1) is 0 Å². The van der Waals surface area contributed by atoms with Crippen LogP contribution in [0, 0.1) is 0 Å². The summed E-state index contributed by atoms with van der Waals surface area (Å²) < 4.78 is 4.25. The van der Waals surface area contributed by atoms with Crippen molar-refractivity contribution in [3.8, 4) is 0 Å². The van der Waals surface area contributed by atoms with Gasteiger partial charge in [0.05, 0.1) is 0 Å². The molecule has 1 unspecified atom stereocenters. The average molecular weight is 202 g/mol. The maximum Gasteiger partial charge on any atom is 0.506 e. The Kier molecular flexibility index (Phi) is 5.52. The lowest BCUT2D eigenvalue weighted by atomic mass is 10.1. The third-order valence-corrected chi connectivity index (χ3v) is 1.68. The summed E-state index contributed by atoms with van der Waals surface area (Å²) in [5.41, 5.74) is 0. The van der Waals surface area contributed by atoms with Crippen molar-refractivity contribution in [2.24, 2.45) is 0 Å². The van der Waals surface area contributed by atoms with Gasteiger partial charge in [-0.05, 0) is 20.3 Å². The second-order valence-corrected chi connectivity index (χ2v) is 3.05. The largest absolute Gasteiger partial charge is 0.506 e. The number of ketones is 2. The molecule has 0 fully saturated rings. The summed E-state index contributed by atoms with van der Waals surface area (Å²) in [5, 5.41) is 8.22. The highest BCUT2D eigenvalue weighted by atomic mass is 16.7. The van der Waals surface area contributed by atoms with Gasteiger partial charge in [0, 0.05) is 12.8 Å². The molecule has 5 heteroatoms. The lowest BCUT2D eigenvalue weighted by Gasteiger charge is -2.08. The molecule has 0 saturated carbocycles. The van der Waals surface area contributed by atoms with Gasteiger partial charge in [0.1, 0.15) is 5.78 Å². The molecule has 0 radical (unpaired) electrons. The van der Waals surface area contributed by atoms with E-state index < -0.39 is 12.3 Å². The van der Waals surface area contributed by atoms with Gasteiger partial charge in [-0.3, -0.25) is 4.79 Å². The van der Waals surface area contributed by atoms with Gasteiger partial charge in [0.2, 0.25) is 0 Å². The van der Waals surface area contributed by atoms with E-state index in [9.17, 15) is 14.4 Å². The van der Waals surface area contributed by atoms with Gasteiger partial charge in [-0.25, -0.2) is 4.79 Å². The molecular formula is C9H14O5. The number of hydrogen-bond donors (Lipinski definition) is 1. The highest BCUT2D eigenvalue weighted by Gasteiger charge is 2.16. The zero-order valence-electron chi connectivity index (χ0n) is 8.28. The maximum atomic E-state index is 11.2. The zero-order valence-corrected chi connectivity index (χ0v) is 8.28. The van der Waals surface area contributed by atoms with Crippen LogP contribution in [0.4, 0.5) is 4.79 Å². The maximum absolute atomic E-state index is 11.2. The molecule has 5 nitrogen and oxygen atoms in total. The SMILES string of the molecule is CC(=O)CCCC(=O)C(C)OC(=O)O. The standard InChI is InChI=1S/C9H14O5/c1-6(10)4-3-5-8(11)7(2)14-9(12)13/h7H,3-5H2,1-2H3,(H,12,13). The lowest BCUT2D eigenvalue weighted by Crippen LogP contribution is -2.23. The molecule has 1 atom stereocenters. The first-order valence-electron chi connectivity index (χ1n) is 4.35. The van der Waals surface area contributed by atoms with Crippen LogP contribution in [0.3, 0.4) is 0 Å². The van der Waals surface area contributed by atoms with Crippen molar-refractivity contribution in [3.63, 3.8) is 0 Å². The molecule has 1 N–H and O–H groups in total. The van der Waals surface area contributed by atoms with E-state index in [0.29, 0.717) is 12.8 Å². The van der Waals surface area contributed by atoms with Gasteiger partial charge in [0.25, 0.3) is 0 Å². The molecule has 80 valence electrons. The van der Waals surface area contributed by atoms with Crippen LogP contribution in [0.15, 0.2) is 0 Å². The van der Waals surface area contributed by atoms with Gasteiger partial charge >= 0.3 is 6.16 Å². The van der Waals surface area contributed by atoms with E-state index in [4.69, 9.17) is 5.11 Å². The monoisotopic (exact) mass is 202 g/mol. The molecule has 0 saturated heterocycles. The Bertz CT molecular complexity index is 233. The topological polar surface area (TPSA) is 80.7 Å². The summed E-state index contributed by atoms with van der Waals surface area (Å²) in [4.78, 5) is 31.8. The fraction of sp³-hybridized carbons (Fsp3) is 0.667. The van der Waals surface area contributed by atoms with Crippen LogP contribution >= 0.6 is 0 Å². The lowest BCUT2D eigenvalue weighted by molar-refractivity contribution is -0.127. The number of rotatable bonds is 6. The predicted octanol–water partition coefficient (Wildman–Crippen LogP) is 1.40. The minimum absolute atomic E-state index is 0.0182. The van der Waals surface area contributed by atoms with E-state index in [0.717, 1.165) is 0 Å². The smallest absolute Gasteiger partial charge is 0.450 e. The fourth-order valence-electron chi connectivity index (χ4n) is 0.932. The molecule has 0 heterocycles. The number of ether oxygens (including phenoxy) is 1. The first-order chi connectivity index (χ1) is 6.43. The minimum atomic E-state index is -1.46. The van der Waals surface area contributed by atoms with Crippen LogP contribution < -0.4 is 0 Å². The molecule has 0 aromatic rings. The Hall–Kier alpha value is -1.39. The first kappa shape index (κ1) is 12.6. The number of hydrogen-bond acceptors (Lipinski definition) is 4. The van der Waals surface area contributed by atoms with E-state index in [1.165, 1.54) is 13.8 Å². The first-order valence-corrected chi connectivity index (χ1v) is 4.35. The van der Waals surface area contributed by atoms with Crippen LogP contribution in [-0.4, -0.2) is 28.9 Å². The second-order valence-electron chi connectivity index (χ2n) is 3.05. The summed E-state index contributed by atoms with van der Waals surface area (Å²) in [6, 6.07) is 0. The Morgan fingerprint density at radius 1 is 1.29 bits per heavy atom. The molecule has 0 aliphatic carbocycles. The normalized spacial score (nSPS) is 11.9. The van der Waals surface area contributed by atoms with E-state index in [1.807, 2.05) is 0 Å². The summed E-state index contributed by atoms with van der Waals surface area (Å²) in [7, 11) is 0. The average Bonchev–Trinajstić information content (AvgIpc) is 2.01. The van der Waals surface area contributed by atoms with Crippen LogP contribution in [0.25, 0.3) is 0 Å². The second kappa shape index (κ2) is 6.12. The van der Waals surface area contributed by atoms with Gasteiger partial charge in [-0.1, -0.05) is 0 Å². The van der Waals surface area contributed by atoms with Gasteiger partial charge in [-0.2, -0.15) is 0 Å². The number of carboxylic acid groups (broad SMARTS) is 1. The Balaban J connectivity index is 3.73. The highest BCUT2D eigenvalue weighted by molar-refractivity contribution is 5.84. The van der Waals surface area contributed by atoms with Crippen molar-refractivity contribution in [1.29, 1.82) is 0 Å². The molecule has 0 aliphatic rings. The molecule has 0 amide bonds. The molecule has 0 bridgehead atoms. The van der Waals surface area contributed by atoms with Crippen LogP contribution in [-0.2, 0) is 14.3 Å². The minimum Gasteiger partial charge on any atom is -0.450 e. The predicted molar refractivity (Wildman–Crippen MR) is 48.1 cm³/mol. The number of carbonyl (C=O) groups is 3. The molecule has 14 heavy (non-hydrogen) atoms. The molecule has 0 spiro atoms. The summed E-state index contributed by atoms with van der Waals surface area (Å²) in [6.45, 7) is 2.83. The zero-order chi connectivity index (χ0) is 11.1. The fourth-order valence-corrected chi connectivity index (χ4v) is 0.932. The quantitative estimate of drug-likeness (QED) is 0.658. The molecule has 0 aliphatic heterocycles. The Morgan fingerprint density at radius 3 is 2.29 bits per heavy atom. The molecule has 0 aromatic carbocycles. The van der Waals surface area contributed by atoms with E-state index in [-0.39, 0.29) is 18.0 Å². The van der Waals surface area contributed by atoms with Crippen LogP contribution in [0.1, 0.15) is 33.1 Å². The van der Waals surface area contributed by atoms with Crippen molar-refractivity contribution < 1.29 is 24.2 Å². The molecule has 0 aromatic heterocycles. The summed E-state index contributed by atoms with van der Waals surface area (Å²) in [6.07, 6.45) is -1.45. The van der Waals surface area contributed by atoms with E-state index >= 15 is 0 Å². The van der Waals surface area contributed by atoms with Crippen LogP contribution in [0.2, 0.25) is 0 Å². The molecular weight excluding hydrogens is 188 g/mol. The summed E-state index contributed by atoms with van der Waals surface area (Å²) >= 11 is 0. The van der Waals surface area contributed by atoms with Crippen molar-refractivity contribution in [1.82, 2.24) is 0 Å². The Labute approximate surface area is 82.1 Å². The van der Waals surface area contributed by atoms with Crippen molar-refractivity contribution in [3.05, 3.63) is 0 Å². The van der Waals surface area contributed by atoms with E-state index in [1.54, 1.807) is 0 Å². The third-order valence-electron chi connectivity index (χ3n) is 1.68.